The molecule has 17 aromatic carbocycles. The molecule has 0 aliphatic carbocycles. The largest absolute Gasteiger partial charge is 0.254 e. The van der Waals surface area contributed by atoms with E-state index in [1.807, 2.05) is 97.8 Å². The number of aromatic nitrogens is 12. The van der Waals surface area contributed by atoms with Crippen molar-refractivity contribution in [3.63, 3.8) is 0 Å². The van der Waals surface area contributed by atoms with Crippen LogP contribution in [0.2, 0.25) is 0 Å². The predicted molar refractivity (Wildman–Crippen MR) is 579 cm³/mol. The van der Waals surface area contributed by atoms with Gasteiger partial charge in [-0.1, -0.05) is 315 Å². The summed E-state index contributed by atoms with van der Waals surface area (Å²) in [5, 5.41) is 21.2. The van der Waals surface area contributed by atoms with Crippen molar-refractivity contribution in [1.82, 2.24) is 59.8 Å². The van der Waals surface area contributed by atoms with Crippen LogP contribution in [0, 0.1) is 0 Å². The average Bonchev–Trinajstić information content (AvgIpc) is 0.715. The van der Waals surface area contributed by atoms with E-state index in [1.165, 1.54) is 49.4 Å². The highest BCUT2D eigenvalue weighted by atomic mass is 14.8. The van der Waals surface area contributed by atoms with Crippen LogP contribution in [-0.2, 0) is 0 Å². The lowest BCUT2D eigenvalue weighted by molar-refractivity contribution is 1.36. The minimum absolute atomic E-state index is 0.890. The Morgan fingerprint density at radius 3 is 0.950 bits per heavy atom. The highest BCUT2D eigenvalue weighted by molar-refractivity contribution is 6.24. The van der Waals surface area contributed by atoms with Crippen molar-refractivity contribution in [3.05, 3.63) is 462 Å². The number of fused-ring (bicyclic) bond motifs is 23. The minimum atomic E-state index is 0.890. The number of para-hydroxylation sites is 3. The molecule has 12 nitrogen and oxygen atoms in total. The van der Waals surface area contributed by atoms with E-state index in [1.54, 1.807) is 0 Å². The molecule has 12 heterocycles. The molecule has 0 spiro atoms. The van der Waals surface area contributed by atoms with Gasteiger partial charge in [0.25, 0.3) is 0 Å². The van der Waals surface area contributed by atoms with Gasteiger partial charge in [0.1, 0.15) is 0 Å². The van der Waals surface area contributed by atoms with Gasteiger partial charge in [-0.3, -0.25) is 29.9 Å². The standard InChI is InChI=1S/C52H32N4.2C38H22N4/c1-4-12-34(13-5-1)44-29-25-38-24-27-42-48(41-18-10-11-19-47(41)56-52(42)49(38)53-44)37-22-20-33(21-23-37)43-32-39-26-30-45(35-14-6-2-7-15-35)54-50(39)51-40(43)28-31-46(55-51)36-16-8-3-9-17-36;1-2-10-33-30(8-1)34(31-16-15-23-6-3-17-39-35(23)38(31)42-33)27-14-12-24-20-26(13-11-25(24)21-27)32-22-28-7-4-18-40-36(28)37-29(32)9-5-19-41-37;1-2-11-26-25(10-1)27(32-22-24-9-6-20-40-36(24)37-29(32)13-7-21-41-37)17-18-28(26)34-30-12-3-4-14-33(30)42-38-31(34)16-15-23-8-5-19-39-35(23)38/h1-32H;2*1-22H. The Balaban J connectivity index is 0.000000107. The Bertz CT molecular complexity index is 10200. The van der Waals surface area contributed by atoms with Crippen molar-refractivity contribution in [2.24, 2.45) is 0 Å². The Morgan fingerprint density at radius 2 is 0.421 bits per heavy atom. The summed E-state index contributed by atoms with van der Waals surface area (Å²) < 4.78 is 0. The lowest BCUT2D eigenvalue weighted by Crippen LogP contribution is -1.94. The van der Waals surface area contributed by atoms with Gasteiger partial charge in [-0.15, -0.1) is 0 Å². The second kappa shape index (κ2) is 33.5. The highest BCUT2D eigenvalue weighted by Crippen LogP contribution is 2.48. The fraction of sp³-hybridized carbons (Fsp3) is 0. The lowest BCUT2D eigenvalue weighted by Gasteiger charge is -2.17. The molecular formula is C128H76N12. The van der Waals surface area contributed by atoms with Crippen LogP contribution in [0.25, 0.3) is 286 Å². The summed E-state index contributed by atoms with van der Waals surface area (Å²) in [6.45, 7) is 0. The maximum Gasteiger partial charge on any atom is 0.0978 e. The summed E-state index contributed by atoms with van der Waals surface area (Å²) in [5.74, 6) is 0. The lowest BCUT2D eigenvalue weighted by atomic mass is 9.87. The fourth-order valence-electron chi connectivity index (χ4n) is 21.0. The molecule has 0 atom stereocenters. The maximum absolute atomic E-state index is 5.30. The van der Waals surface area contributed by atoms with E-state index in [2.05, 4.69) is 374 Å². The molecule has 0 saturated heterocycles. The Kier molecular flexibility index (Phi) is 19.3. The fourth-order valence-corrected chi connectivity index (χ4v) is 21.0. The molecule has 0 saturated carbocycles. The van der Waals surface area contributed by atoms with Crippen LogP contribution in [0.15, 0.2) is 462 Å². The number of hydrogen-bond acceptors (Lipinski definition) is 12. The van der Waals surface area contributed by atoms with E-state index in [4.69, 9.17) is 49.8 Å². The SMILES string of the molecule is c1ccc(-c2ccc3cc(-c4ccc(-c5c6ccccc6nc6c5ccc5ccc(-c7ccccc7)nc56)cc4)c4ccc(-c5ccccc5)nc4c3n2)cc1.c1cnc2c(c1)cc(-c1ccc(-c3c4ccccc4nc4c3ccc3cccnc34)c3ccccc13)c1cccnc12.c1cnc2c(c1)cc(-c1ccc3cc(-c4c5ccccc5nc5c4ccc4cccnc45)ccc3c1)c1cccnc12. The van der Waals surface area contributed by atoms with Crippen LogP contribution >= 0.6 is 0 Å². The number of benzene rings is 17. The molecule has 0 unspecified atom stereocenters. The van der Waals surface area contributed by atoms with E-state index >= 15 is 0 Å². The molecule has 12 heteroatoms. The molecule has 0 fully saturated rings. The van der Waals surface area contributed by atoms with E-state index < -0.39 is 0 Å². The summed E-state index contributed by atoms with van der Waals surface area (Å²) in [7, 11) is 0. The first-order valence-corrected chi connectivity index (χ1v) is 47.0. The van der Waals surface area contributed by atoms with Crippen molar-refractivity contribution in [1.29, 1.82) is 0 Å². The number of hydrogen-bond donors (Lipinski definition) is 0. The second-order valence-corrected chi connectivity index (χ2v) is 35.6. The van der Waals surface area contributed by atoms with Crippen molar-refractivity contribution >= 4 is 185 Å². The Labute approximate surface area is 801 Å². The van der Waals surface area contributed by atoms with Gasteiger partial charge in [0, 0.05) is 151 Å². The summed E-state index contributed by atoms with van der Waals surface area (Å²) in [5.41, 5.74) is 33.8. The molecule has 0 aliphatic heterocycles. The van der Waals surface area contributed by atoms with Gasteiger partial charge in [0.15, 0.2) is 0 Å². The van der Waals surface area contributed by atoms with Crippen LogP contribution in [0.3, 0.4) is 0 Å². The first-order valence-electron chi connectivity index (χ1n) is 47.0. The number of pyridine rings is 12. The first-order chi connectivity index (χ1) is 69.4. The van der Waals surface area contributed by atoms with Crippen LogP contribution in [0.5, 0.6) is 0 Å². The molecule has 29 aromatic rings. The second-order valence-electron chi connectivity index (χ2n) is 35.6. The van der Waals surface area contributed by atoms with Gasteiger partial charge in [0.05, 0.1) is 99.8 Å². The smallest absolute Gasteiger partial charge is 0.0978 e. The van der Waals surface area contributed by atoms with E-state index in [9.17, 15) is 0 Å². The zero-order valence-corrected chi connectivity index (χ0v) is 75.2. The third kappa shape index (κ3) is 13.8. The van der Waals surface area contributed by atoms with Crippen molar-refractivity contribution in [2.45, 2.75) is 0 Å². The predicted octanol–water partition coefficient (Wildman–Crippen LogP) is 32.4. The minimum Gasteiger partial charge on any atom is -0.254 e. The van der Waals surface area contributed by atoms with Crippen molar-refractivity contribution < 1.29 is 0 Å². The highest BCUT2D eigenvalue weighted by Gasteiger charge is 2.24. The van der Waals surface area contributed by atoms with Gasteiger partial charge >= 0.3 is 0 Å². The number of nitrogens with zero attached hydrogens (tertiary/aromatic N) is 12. The Morgan fingerprint density at radius 1 is 0.121 bits per heavy atom. The quantitative estimate of drug-likeness (QED) is 0.0998. The van der Waals surface area contributed by atoms with Gasteiger partial charge in [0.2, 0.25) is 0 Å². The summed E-state index contributed by atoms with van der Waals surface area (Å²) in [4.78, 5) is 59.4. The normalized spacial score (nSPS) is 11.7. The summed E-state index contributed by atoms with van der Waals surface area (Å²) in [6.07, 6.45) is 11.0. The summed E-state index contributed by atoms with van der Waals surface area (Å²) in [6, 6.07) is 149. The monoisotopic (exact) mass is 1780 g/mol. The van der Waals surface area contributed by atoms with Crippen molar-refractivity contribution in [3.8, 4) is 101 Å². The van der Waals surface area contributed by atoms with E-state index in [0.717, 1.165) is 236 Å². The zero-order chi connectivity index (χ0) is 92.2. The molecule has 12 aromatic heterocycles. The molecule has 140 heavy (non-hydrogen) atoms. The zero-order valence-electron chi connectivity index (χ0n) is 75.2. The van der Waals surface area contributed by atoms with Crippen LogP contribution in [0.4, 0.5) is 0 Å². The maximum atomic E-state index is 5.30. The third-order valence-corrected chi connectivity index (χ3v) is 27.5. The topological polar surface area (TPSA) is 155 Å². The van der Waals surface area contributed by atoms with E-state index in [-0.39, 0.29) is 0 Å². The molecule has 0 bridgehead atoms. The average molecular weight is 1780 g/mol. The molecule has 0 aliphatic rings. The van der Waals surface area contributed by atoms with Crippen LogP contribution in [0.1, 0.15) is 0 Å². The molecule has 648 valence electrons. The van der Waals surface area contributed by atoms with Gasteiger partial charge in [-0.05, 0) is 181 Å². The molecule has 29 rings (SSSR count). The summed E-state index contributed by atoms with van der Waals surface area (Å²) >= 11 is 0. The first kappa shape index (κ1) is 80.6. The molecule has 0 N–H and O–H groups in total. The van der Waals surface area contributed by atoms with E-state index in [0.29, 0.717) is 0 Å². The van der Waals surface area contributed by atoms with Crippen molar-refractivity contribution in [2.75, 3.05) is 0 Å². The molecule has 0 amide bonds. The van der Waals surface area contributed by atoms with Crippen LogP contribution in [-0.4, -0.2) is 59.8 Å². The number of rotatable bonds is 9. The van der Waals surface area contributed by atoms with Gasteiger partial charge in [-0.2, -0.15) is 0 Å². The van der Waals surface area contributed by atoms with Crippen LogP contribution < -0.4 is 0 Å². The Hall–Kier alpha value is -19.0. The van der Waals surface area contributed by atoms with Gasteiger partial charge < -0.3 is 0 Å². The molecule has 0 radical (unpaired) electrons. The molecular weight excluding hydrogens is 1710 g/mol. The third-order valence-electron chi connectivity index (χ3n) is 27.5. The van der Waals surface area contributed by atoms with Gasteiger partial charge in [-0.25, -0.2) is 29.9 Å².